The highest BCUT2D eigenvalue weighted by molar-refractivity contribution is 7.99. The van der Waals surface area contributed by atoms with E-state index in [0.717, 1.165) is 25.0 Å². The van der Waals surface area contributed by atoms with E-state index in [4.69, 9.17) is 20.0 Å². The number of benzene rings is 2. The van der Waals surface area contributed by atoms with Crippen molar-refractivity contribution >= 4 is 19.6 Å². The van der Waals surface area contributed by atoms with Gasteiger partial charge in [0.25, 0.3) is 0 Å². The van der Waals surface area contributed by atoms with Crippen molar-refractivity contribution in [1.29, 1.82) is 0 Å². The van der Waals surface area contributed by atoms with Crippen molar-refractivity contribution in [2.75, 3.05) is 12.4 Å². The Kier molecular flexibility index (Phi) is 6.97. The van der Waals surface area contributed by atoms with Crippen molar-refractivity contribution in [2.24, 2.45) is 11.7 Å². The summed E-state index contributed by atoms with van der Waals surface area (Å²) >= 11 is 1.98. The Bertz CT molecular complexity index is 978. The van der Waals surface area contributed by atoms with Crippen molar-refractivity contribution in [2.45, 2.75) is 61.8 Å². The smallest absolute Gasteiger partial charge is 0.323 e. The fourth-order valence-electron chi connectivity index (χ4n) is 4.96. The van der Waals surface area contributed by atoms with Gasteiger partial charge in [-0.3, -0.25) is 4.52 Å². The summed E-state index contributed by atoms with van der Waals surface area (Å²) in [6.45, 7) is 2.08. The summed E-state index contributed by atoms with van der Waals surface area (Å²) in [5.41, 5.74) is 11.3. The predicted octanol–water partition coefficient (Wildman–Crippen LogP) is 4.97. The van der Waals surface area contributed by atoms with Gasteiger partial charge in [0.2, 0.25) is 0 Å². The minimum absolute atomic E-state index is 0.0983. The van der Waals surface area contributed by atoms with Gasteiger partial charge in [-0.05, 0) is 85.6 Å². The van der Waals surface area contributed by atoms with Crippen LogP contribution in [0, 0.1) is 12.8 Å². The maximum absolute atomic E-state index is 11.0. The first-order chi connectivity index (χ1) is 14.7. The predicted molar refractivity (Wildman–Crippen MR) is 125 cm³/mol. The minimum Gasteiger partial charge on any atom is -0.323 e. The van der Waals surface area contributed by atoms with Crippen LogP contribution >= 0.6 is 19.6 Å². The Hall–Kier alpha value is -1.14. The molecule has 0 heterocycles. The Morgan fingerprint density at radius 1 is 1.19 bits per heavy atom. The number of thioether (sulfide) groups is 1. The third-order valence-corrected chi connectivity index (χ3v) is 8.64. The van der Waals surface area contributed by atoms with Crippen LogP contribution in [0.3, 0.4) is 0 Å². The largest absolute Gasteiger partial charge is 0.469 e. The normalized spacial score (nSPS) is 26.1. The molecule has 0 spiro atoms. The van der Waals surface area contributed by atoms with E-state index in [1.807, 2.05) is 11.8 Å². The zero-order chi connectivity index (χ0) is 22.1. The second-order valence-electron chi connectivity index (χ2n) is 9.28. The number of phosphoric acid groups is 1. The highest BCUT2D eigenvalue weighted by atomic mass is 32.2. The lowest BCUT2D eigenvalue weighted by molar-refractivity contribution is 0.153. The quantitative estimate of drug-likeness (QED) is 0.398. The lowest BCUT2D eigenvalue weighted by atomic mass is 9.82. The number of hydrogen-bond acceptors (Lipinski definition) is 4. The van der Waals surface area contributed by atoms with Crippen molar-refractivity contribution in [3.63, 3.8) is 0 Å². The first kappa shape index (κ1) is 23.0. The van der Waals surface area contributed by atoms with Crippen LogP contribution < -0.4 is 5.73 Å². The number of hydrogen-bond donors (Lipinski definition) is 3. The van der Waals surface area contributed by atoms with Crippen molar-refractivity contribution < 1.29 is 18.9 Å². The summed E-state index contributed by atoms with van der Waals surface area (Å²) in [5, 5.41) is 0. The summed E-state index contributed by atoms with van der Waals surface area (Å²) in [7, 11) is -4.48. The highest BCUT2D eigenvalue weighted by Crippen LogP contribution is 2.44. The van der Waals surface area contributed by atoms with E-state index >= 15 is 0 Å². The molecule has 1 fully saturated rings. The van der Waals surface area contributed by atoms with E-state index in [9.17, 15) is 4.57 Å². The molecule has 168 valence electrons. The van der Waals surface area contributed by atoms with Gasteiger partial charge in [0.05, 0.1) is 6.61 Å². The lowest BCUT2D eigenvalue weighted by Crippen LogP contribution is -2.41. The molecule has 0 amide bonds. The van der Waals surface area contributed by atoms with Gasteiger partial charge in [-0.15, -0.1) is 11.8 Å². The van der Waals surface area contributed by atoms with Crippen LogP contribution in [0.4, 0.5) is 0 Å². The van der Waals surface area contributed by atoms with E-state index in [0.29, 0.717) is 24.7 Å². The Labute approximate surface area is 189 Å². The molecule has 2 aromatic carbocycles. The van der Waals surface area contributed by atoms with Gasteiger partial charge in [0.1, 0.15) is 0 Å². The summed E-state index contributed by atoms with van der Waals surface area (Å²) in [4.78, 5) is 19.3. The fourth-order valence-corrected chi connectivity index (χ4v) is 6.55. The molecular weight excluding hydrogens is 429 g/mol. The Balaban J connectivity index is 1.35. The molecule has 2 aliphatic carbocycles. The lowest BCUT2D eigenvalue weighted by Gasteiger charge is -2.26. The van der Waals surface area contributed by atoms with Crippen molar-refractivity contribution in [1.82, 2.24) is 0 Å². The van der Waals surface area contributed by atoms with E-state index < -0.39 is 13.4 Å². The number of fused-ring (bicyclic) bond motifs is 1. The standard InChI is InChI=1S/C24H32NO4PS/c1-17-4-2-3-5-23(17)31-15-18-6-7-20-13-21(9-8-19(20)12-18)22-10-11-24(25,14-22)16-29-30(26,27)28/h2-5,8-9,13,18,22H,6-7,10-12,14-16,25H2,1H3,(H2,26,27,28)/t18-,22+,24-/m1/s1. The summed E-state index contributed by atoms with van der Waals surface area (Å²) in [6, 6.07) is 15.5. The second kappa shape index (κ2) is 9.38. The molecule has 1 saturated carbocycles. The summed E-state index contributed by atoms with van der Waals surface area (Å²) in [5.74, 6) is 2.19. The van der Waals surface area contributed by atoms with Gasteiger partial charge in [0, 0.05) is 16.2 Å². The van der Waals surface area contributed by atoms with Crippen LogP contribution in [0.5, 0.6) is 0 Å². The topological polar surface area (TPSA) is 92.8 Å². The van der Waals surface area contributed by atoms with E-state index in [2.05, 4.69) is 49.4 Å². The number of phosphoric ester groups is 1. The number of rotatable bonds is 7. The SMILES string of the molecule is Cc1ccccc1SC[C@@H]1CCc2cc([C@H]3CC[C@](N)(COP(=O)(O)O)C3)ccc2C1. The number of nitrogens with two attached hydrogens (primary N) is 1. The zero-order valence-corrected chi connectivity index (χ0v) is 19.7. The average molecular weight is 462 g/mol. The molecule has 4 rings (SSSR count). The minimum atomic E-state index is -4.48. The fraction of sp³-hybridized carbons (Fsp3) is 0.500. The molecule has 0 bridgehead atoms. The summed E-state index contributed by atoms with van der Waals surface area (Å²) in [6.07, 6.45) is 5.81. The van der Waals surface area contributed by atoms with Gasteiger partial charge >= 0.3 is 7.82 Å². The van der Waals surface area contributed by atoms with Gasteiger partial charge in [-0.2, -0.15) is 0 Å². The van der Waals surface area contributed by atoms with E-state index in [1.54, 1.807) is 0 Å². The van der Waals surface area contributed by atoms with Gasteiger partial charge < -0.3 is 15.5 Å². The molecule has 2 aliphatic rings. The average Bonchev–Trinajstić information content (AvgIpc) is 3.13. The maximum atomic E-state index is 11.0. The third kappa shape index (κ3) is 6.01. The first-order valence-electron chi connectivity index (χ1n) is 11.0. The molecular formula is C24H32NO4PS. The van der Waals surface area contributed by atoms with Crippen LogP contribution in [0.25, 0.3) is 0 Å². The monoisotopic (exact) mass is 461 g/mol. The van der Waals surface area contributed by atoms with Crippen LogP contribution in [0.2, 0.25) is 0 Å². The Morgan fingerprint density at radius 2 is 2.00 bits per heavy atom. The molecule has 0 aromatic heterocycles. The molecule has 3 atom stereocenters. The highest BCUT2D eigenvalue weighted by Gasteiger charge is 2.38. The molecule has 7 heteroatoms. The molecule has 4 N–H and O–H groups in total. The van der Waals surface area contributed by atoms with E-state index in [-0.39, 0.29) is 6.61 Å². The van der Waals surface area contributed by atoms with Crippen LogP contribution in [0.15, 0.2) is 47.4 Å². The molecule has 0 radical (unpaired) electrons. The van der Waals surface area contributed by atoms with Crippen LogP contribution in [-0.2, 0) is 21.9 Å². The third-order valence-electron chi connectivity index (χ3n) is 6.76. The molecule has 5 nitrogen and oxygen atoms in total. The Morgan fingerprint density at radius 3 is 2.77 bits per heavy atom. The van der Waals surface area contributed by atoms with Gasteiger partial charge in [-0.25, -0.2) is 4.57 Å². The van der Waals surface area contributed by atoms with Crippen LogP contribution in [-0.4, -0.2) is 27.7 Å². The second-order valence-corrected chi connectivity index (χ2v) is 11.6. The van der Waals surface area contributed by atoms with Crippen molar-refractivity contribution in [3.8, 4) is 0 Å². The molecule has 0 unspecified atom stereocenters. The van der Waals surface area contributed by atoms with Gasteiger partial charge in [-0.1, -0.05) is 36.4 Å². The number of aryl methyl sites for hydroxylation is 2. The van der Waals surface area contributed by atoms with Crippen molar-refractivity contribution in [3.05, 3.63) is 64.7 Å². The first-order valence-corrected chi connectivity index (χ1v) is 13.5. The molecule has 2 aromatic rings. The summed E-state index contributed by atoms with van der Waals surface area (Å²) < 4.78 is 15.7. The van der Waals surface area contributed by atoms with Crippen LogP contribution in [0.1, 0.15) is 53.9 Å². The maximum Gasteiger partial charge on any atom is 0.469 e. The molecule has 0 saturated heterocycles. The van der Waals surface area contributed by atoms with Gasteiger partial charge in [0.15, 0.2) is 0 Å². The zero-order valence-electron chi connectivity index (χ0n) is 18.0. The van der Waals surface area contributed by atoms with E-state index in [1.165, 1.54) is 33.6 Å². The molecule has 0 aliphatic heterocycles. The molecule has 31 heavy (non-hydrogen) atoms.